The number of nitrogens with one attached hydrogen (secondary N) is 5. The van der Waals surface area contributed by atoms with Gasteiger partial charge in [-0.25, -0.2) is 4.39 Å². The van der Waals surface area contributed by atoms with E-state index in [-0.39, 0.29) is 55.1 Å². The fourth-order valence-corrected chi connectivity index (χ4v) is 5.56. The second-order valence-electron chi connectivity index (χ2n) is 10.9. The molecule has 0 radical (unpaired) electrons. The molecule has 11 heteroatoms. The Kier molecular flexibility index (Phi) is 10.7. The Morgan fingerprint density at radius 2 is 1.79 bits per heavy atom. The van der Waals surface area contributed by atoms with Crippen LogP contribution in [0.15, 0.2) is 66.7 Å². The second-order valence-corrected chi connectivity index (χ2v) is 10.9. The lowest BCUT2D eigenvalue weighted by Crippen LogP contribution is -2.61. The average molecular weight is 590 g/mol. The van der Waals surface area contributed by atoms with Gasteiger partial charge in [-0.3, -0.25) is 25.1 Å². The number of carbonyl (C=O) groups excluding carboxylic acids is 3. The number of rotatable bonds is 11. The van der Waals surface area contributed by atoms with Crippen LogP contribution < -0.4 is 27.0 Å². The van der Waals surface area contributed by atoms with Gasteiger partial charge in [0.05, 0.1) is 12.5 Å². The minimum atomic E-state index is -0.806. The summed E-state index contributed by atoms with van der Waals surface area (Å²) in [6.45, 7) is 2.40. The molecule has 3 aromatic rings. The van der Waals surface area contributed by atoms with Crippen LogP contribution in [-0.2, 0) is 27.2 Å². The molecule has 3 aromatic carbocycles. The SMILES string of the molecule is CCC(NC(=N)N)[C@H]1N[C@@H](CNC(=O)Cc2ccc(F)cc2)CCN([C@@H](Cc2ccc3ccccc3c2)C(=O)NC)C1=O. The van der Waals surface area contributed by atoms with Gasteiger partial charge in [-0.2, -0.15) is 0 Å². The molecule has 3 amide bonds. The van der Waals surface area contributed by atoms with Crippen LogP contribution in [0.4, 0.5) is 4.39 Å². The van der Waals surface area contributed by atoms with Crippen LogP contribution in [0.1, 0.15) is 30.9 Å². The van der Waals surface area contributed by atoms with Gasteiger partial charge in [0.25, 0.3) is 0 Å². The highest BCUT2D eigenvalue weighted by Crippen LogP contribution is 2.21. The summed E-state index contributed by atoms with van der Waals surface area (Å²) in [6.07, 6.45) is 1.37. The highest BCUT2D eigenvalue weighted by Gasteiger charge is 2.40. The summed E-state index contributed by atoms with van der Waals surface area (Å²) in [5, 5.41) is 21.8. The molecule has 1 heterocycles. The van der Waals surface area contributed by atoms with Crippen LogP contribution in [0.2, 0.25) is 0 Å². The summed E-state index contributed by atoms with van der Waals surface area (Å²) in [6, 6.07) is 17.4. The van der Waals surface area contributed by atoms with E-state index in [2.05, 4.69) is 21.3 Å². The van der Waals surface area contributed by atoms with Gasteiger partial charge in [-0.05, 0) is 46.9 Å². The zero-order chi connectivity index (χ0) is 30.9. The van der Waals surface area contributed by atoms with Crippen molar-refractivity contribution >= 4 is 34.5 Å². The first-order chi connectivity index (χ1) is 20.7. The molecule has 1 unspecified atom stereocenters. The topological polar surface area (TPSA) is 152 Å². The van der Waals surface area contributed by atoms with Gasteiger partial charge in [0.1, 0.15) is 17.9 Å². The fraction of sp³-hybridized carbons (Fsp3) is 0.375. The van der Waals surface area contributed by atoms with Crippen molar-refractivity contribution in [1.29, 1.82) is 5.41 Å². The van der Waals surface area contributed by atoms with Crippen LogP contribution in [0.25, 0.3) is 10.8 Å². The number of nitrogens with two attached hydrogens (primary N) is 1. The first-order valence-corrected chi connectivity index (χ1v) is 14.6. The maximum atomic E-state index is 14.2. The van der Waals surface area contributed by atoms with E-state index in [4.69, 9.17) is 11.1 Å². The van der Waals surface area contributed by atoms with Crippen LogP contribution >= 0.6 is 0 Å². The second kappa shape index (κ2) is 14.6. The molecule has 1 saturated heterocycles. The number of nitrogens with zero attached hydrogens (tertiary/aromatic N) is 1. The van der Waals surface area contributed by atoms with Gasteiger partial charge in [-0.1, -0.05) is 61.5 Å². The maximum absolute atomic E-state index is 14.2. The van der Waals surface area contributed by atoms with Crippen molar-refractivity contribution in [3.63, 3.8) is 0 Å². The van der Waals surface area contributed by atoms with Crippen molar-refractivity contribution in [2.24, 2.45) is 5.73 Å². The molecule has 1 aliphatic rings. The predicted octanol–water partition coefficient (Wildman–Crippen LogP) is 1.82. The van der Waals surface area contributed by atoms with E-state index in [1.165, 1.54) is 12.1 Å². The van der Waals surface area contributed by atoms with Crippen molar-refractivity contribution in [1.82, 2.24) is 26.2 Å². The molecule has 0 aromatic heterocycles. The fourth-order valence-electron chi connectivity index (χ4n) is 5.56. The molecule has 0 aliphatic carbocycles. The zero-order valence-corrected chi connectivity index (χ0v) is 24.5. The average Bonchev–Trinajstić information content (AvgIpc) is 3.16. The molecule has 10 nitrogen and oxygen atoms in total. The van der Waals surface area contributed by atoms with Gasteiger partial charge in [0, 0.05) is 32.6 Å². The molecule has 1 aliphatic heterocycles. The number of hydrogen-bond donors (Lipinski definition) is 6. The Morgan fingerprint density at radius 1 is 1.09 bits per heavy atom. The normalized spacial score (nSPS) is 18.4. The highest BCUT2D eigenvalue weighted by molar-refractivity contribution is 5.91. The summed E-state index contributed by atoms with van der Waals surface area (Å²) in [5.74, 6) is -1.42. The molecular formula is C32H40FN7O3. The molecular weight excluding hydrogens is 549 g/mol. The minimum absolute atomic E-state index is 0.0927. The van der Waals surface area contributed by atoms with Gasteiger partial charge in [0.2, 0.25) is 17.7 Å². The molecule has 1 fully saturated rings. The van der Waals surface area contributed by atoms with Gasteiger partial charge in [-0.15, -0.1) is 0 Å². The van der Waals surface area contributed by atoms with E-state index in [1.54, 1.807) is 24.1 Å². The van der Waals surface area contributed by atoms with Crippen molar-refractivity contribution < 1.29 is 18.8 Å². The lowest BCUT2D eigenvalue weighted by molar-refractivity contribution is -0.141. The van der Waals surface area contributed by atoms with E-state index >= 15 is 0 Å². The number of hydrogen-bond acceptors (Lipinski definition) is 5. The van der Waals surface area contributed by atoms with Gasteiger partial charge >= 0.3 is 0 Å². The standard InChI is InChI=1S/C32H40FN7O3/c1-3-26(39-32(34)35)29-31(43)40(15-14-25(38-29)19-37-28(41)18-20-9-12-24(33)13-10-20)27(30(42)36-2)17-21-8-11-22-6-4-5-7-23(22)16-21/h4-13,16,25-27,29,38H,3,14-15,17-19H2,1-2H3,(H,36,42)(H,37,41)(H4,34,35,39)/t25-,26?,27+,29-/m1/s1. The molecule has 228 valence electrons. The summed E-state index contributed by atoms with van der Waals surface area (Å²) in [4.78, 5) is 41.7. The smallest absolute Gasteiger partial charge is 0.242 e. The first kappa shape index (κ1) is 31.4. The van der Waals surface area contributed by atoms with E-state index in [1.807, 2.05) is 49.4 Å². The Balaban J connectivity index is 1.56. The third kappa shape index (κ3) is 8.29. The third-order valence-corrected chi connectivity index (χ3v) is 7.86. The van der Waals surface area contributed by atoms with E-state index in [0.717, 1.165) is 16.3 Å². The van der Waals surface area contributed by atoms with Crippen molar-refractivity contribution in [3.8, 4) is 0 Å². The highest BCUT2D eigenvalue weighted by atomic mass is 19.1. The van der Waals surface area contributed by atoms with Crippen LogP contribution in [0.5, 0.6) is 0 Å². The monoisotopic (exact) mass is 589 g/mol. The number of guanidine groups is 1. The maximum Gasteiger partial charge on any atom is 0.242 e. The van der Waals surface area contributed by atoms with E-state index in [0.29, 0.717) is 24.8 Å². The Hall–Kier alpha value is -4.51. The van der Waals surface area contributed by atoms with Crippen LogP contribution in [0, 0.1) is 11.2 Å². The van der Waals surface area contributed by atoms with Gasteiger partial charge < -0.3 is 26.6 Å². The number of carbonyl (C=O) groups is 3. The molecule has 0 spiro atoms. The Morgan fingerprint density at radius 3 is 2.47 bits per heavy atom. The largest absolute Gasteiger partial charge is 0.370 e. The number of benzene rings is 3. The van der Waals surface area contributed by atoms with Gasteiger partial charge in [0.15, 0.2) is 5.96 Å². The number of amides is 3. The summed E-state index contributed by atoms with van der Waals surface area (Å²) in [7, 11) is 1.55. The Labute approximate surface area is 251 Å². The van der Waals surface area contributed by atoms with Crippen molar-refractivity contribution in [2.75, 3.05) is 20.1 Å². The summed E-state index contributed by atoms with van der Waals surface area (Å²) in [5.41, 5.74) is 7.27. The predicted molar refractivity (Wildman–Crippen MR) is 165 cm³/mol. The number of fused-ring (bicyclic) bond motifs is 1. The van der Waals surface area contributed by atoms with Crippen LogP contribution in [0.3, 0.4) is 0 Å². The van der Waals surface area contributed by atoms with E-state index < -0.39 is 18.1 Å². The quantitative estimate of drug-likeness (QED) is 0.148. The molecule has 0 saturated carbocycles. The summed E-state index contributed by atoms with van der Waals surface area (Å²) < 4.78 is 13.2. The molecule has 4 atom stereocenters. The zero-order valence-electron chi connectivity index (χ0n) is 24.5. The molecule has 0 bridgehead atoms. The lowest BCUT2D eigenvalue weighted by Gasteiger charge is -2.34. The Bertz CT molecular complexity index is 1450. The molecule has 7 N–H and O–H groups in total. The molecule has 4 rings (SSSR count). The summed E-state index contributed by atoms with van der Waals surface area (Å²) >= 11 is 0. The molecule has 43 heavy (non-hydrogen) atoms. The minimum Gasteiger partial charge on any atom is -0.370 e. The third-order valence-electron chi connectivity index (χ3n) is 7.86. The lowest BCUT2D eigenvalue weighted by atomic mass is 9.98. The van der Waals surface area contributed by atoms with Crippen molar-refractivity contribution in [3.05, 3.63) is 83.7 Å². The number of likely N-dealkylation sites (N-methyl/N-ethyl adjacent to an activating group) is 1. The van der Waals surface area contributed by atoms with Crippen LogP contribution in [-0.4, -0.2) is 72.9 Å². The van der Waals surface area contributed by atoms with E-state index in [9.17, 15) is 18.8 Å². The van der Waals surface area contributed by atoms with Crippen molar-refractivity contribution in [2.45, 2.75) is 56.8 Å². The first-order valence-electron chi connectivity index (χ1n) is 14.6. The number of halogens is 1.